The minimum Gasteiger partial charge on any atom is -0.490 e. The highest BCUT2D eigenvalue weighted by molar-refractivity contribution is 5.99. The second kappa shape index (κ2) is 5.80. The maximum atomic E-state index is 12.6. The second-order valence-electron chi connectivity index (χ2n) is 5.83. The predicted molar refractivity (Wildman–Crippen MR) is 81.7 cm³/mol. The number of furan rings is 1. The Bertz CT molecular complexity index is 639. The van der Waals surface area contributed by atoms with E-state index < -0.39 is 0 Å². The lowest BCUT2D eigenvalue weighted by Crippen LogP contribution is -2.35. The van der Waals surface area contributed by atoms with E-state index in [1.807, 2.05) is 36.9 Å². The molecule has 0 radical (unpaired) electrons. The Hall–Kier alpha value is -1.97. The summed E-state index contributed by atoms with van der Waals surface area (Å²) in [6.07, 6.45) is 5.08. The van der Waals surface area contributed by atoms with Crippen LogP contribution in [0.5, 0.6) is 5.75 Å². The van der Waals surface area contributed by atoms with Gasteiger partial charge in [0.25, 0.3) is 5.91 Å². The highest BCUT2D eigenvalue weighted by atomic mass is 16.5. The van der Waals surface area contributed by atoms with Crippen molar-refractivity contribution in [2.45, 2.75) is 39.2 Å². The molecule has 1 aromatic carbocycles. The van der Waals surface area contributed by atoms with Crippen molar-refractivity contribution in [3.05, 3.63) is 30.0 Å². The first kappa shape index (κ1) is 14.0. The number of carbonyl (C=O) groups excluding carboxylic acids is 1. The Kier molecular flexibility index (Phi) is 3.86. The van der Waals surface area contributed by atoms with Gasteiger partial charge in [0.05, 0.1) is 17.8 Å². The van der Waals surface area contributed by atoms with Crippen LogP contribution in [-0.2, 0) is 0 Å². The molecule has 2 aromatic rings. The van der Waals surface area contributed by atoms with Crippen LogP contribution in [0.1, 0.15) is 43.5 Å². The van der Waals surface area contributed by atoms with Gasteiger partial charge in [0.1, 0.15) is 11.3 Å². The fourth-order valence-corrected chi connectivity index (χ4v) is 2.79. The molecule has 0 N–H and O–H groups in total. The van der Waals surface area contributed by atoms with E-state index in [0.717, 1.165) is 37.1 Å². The molecule has 4 heteroatoms. The maximum Gasteiger partial charge on any atom is 0.254 e. The monoisotopic (exact) mass is 287 g/mol. The molecule has 2 heterocycles. The largest absolute Gasteiger partial charge is 0.490 e. The summed E-state index contributed by atoms with van der Waals surface area (Å²) in [7, 11) is 0. The van der Waals surface area contributed by atoms with Crippen LogP contribution < -0.4 is 4.74 Å². The van der Waals surface area contributed by atoms with Gasteiger partial charge in [0, 0.05) is 18.7 Å². The van der Waals surface area contributed by atoms with Gasteiger partial charge in [0.15, 0.2) is 0 Å². The number of hydrogen-bond donors (Lipinski definition) is 0. The highest BCUT2D eigenvalue weighted by Crippen LogP contribution is 2.30. The van der Waals surface area contributed by atoms with Crippen LogP contribution in [0.2, 0.25) is 0 Å². The van der Waals surface area contributed by atoms with Crippen LogP contribution in [0.25, 0.3) is 11.0 Å². The van der Waals surface area contributed by atoms with E-state index >= 15 is 0 Å². The Labute approximate surface area is 124 Å². The maximum absolute atomic E-state index is 12.6. The fraction of sp³-hybridized carbons (Fsp3) is 0.471. The Morgan fingerprint density at radius 2 is 2.00 bits per heavy atom. The van der Waals surface area contributed by atoms with Crippen LogP contribution in [-0.4, -0.2) is 30.0 Å². The van der Waals surface area contributed by atoms with Crippen molar-refractivity contribution in [3.8, 4) is 5.75 Å². The zero-order chi connectivity index (χ0) is 14.8. The van der Waals surface area contributed by atoms with Crippen molar-refractivity contribution in [2.24, 2.45) is 0 Å². The zero-order valence-corrected chi connectivity index (χ0v) is 12.6. The van der Waals surface area contributed by atoms with E-state index in [0.29, 0.717) is 11.1 Å². The smallest absolute Gasteiger partial charge is 0.254 e. The number of piperidine rings is 1. The number of ether oxygens (including phenoxy) is 1. The average molecular weight is 287 g/mol. The van der Waals surface area contributed by atoms with E-state index in [2.05, 4.69) is 0 Å². The van der Waals surface area contributed by atoms with Crippen LogP contribution in [0, 0.1) is 0 Å². The third kappa shape index (κ3) is 2.89. The number of benzene rings is 1. The molecule has 0 spiro atoms. The molecule has 0 atom stereocenters. The van der Waals surface area contributed by atoms with Crippen LogP contribution in [0.15, 0.2) is 28.9 Å². The number of carbonyl (C=O) groups is 1. The summed E-state index contributed by atoms with van der Waals surface area (Å²) in [6.45, 7) is 5.64. The summed E-state index contributed by atoms with van der Waals surface area (Å²) in [5, 5.41) is 0.916. The molecule has 4 nitrogen and oxygen atoms in total. The number of amides is 1. The van der Waals surface area contributed by atoms with Gasteiger partial charge < -0.3 is 14.1 Å². The predicted octanol–water partition coefficient (Wildman–Crippen LogP) is 3.85. The second-order valence-corrected chi connectivity index (χ2v) is 5.83. The van der Waals surface area contributed by atoms with Gasteiger partial charge in [-0.15, -0.1) is 0 Å². The SMILES string of the molecule is CC(C)Oc1cc(C(=O)N2CCCCC2)cc2occc12. The first-order valence-corrected chi connectivity index (χ1v) is 7.62. The Morgan fingerprint density at radius 1 is 1.24 bits per heavy atom. The third-order valence-corrected chi connectivity index (χ3v) is 3.79. The molecule has 1 aliphatic rings. The molecule has 21 heavy (non-hydrogen) atoms. The van der Waals surface area contributed by atoms with E-state index in [9.17, 15) is 4.79 Å². The molecule has 1 fully saturated rings. The number of likely N-dealkylation sites (tertiary alicyclic amines) is 1. The lowest BCUT2D eigenvalue weighted by Gasteiger charge is -2.27. The highest BCUT2D eigenvalue weighted by Gasteiger charge is 2.20. The molecular weight excluding hydrogens is 266 g/mol. The van der Waals surface area contributed by atoms with Crippen molar-refractivity contribution in [2.75, 3.05) is 13.1 Å². The third-order valence-electron chi connectivity index (χ3n) is 3.79. The van der Waals surface area contributed by atoms with Crippen molar-refractivity contribution >= 4 is 16.9 Å². The van der Waals surface area contributed by atoms with Crippen molar-refractivity contribution in [3.63, 3.8) is 0 Å². The molecule has 3 rings (SSSR count). The minimum absolute atomic E-state index is 0.0587. The normalized spacial score (nSPS) is 15.7. The number of fused-ring (bicyclic) bond motifs is 1. The minimum atomic E-state index is 0.0587. The number of nitrogens with zero attached hydrogens (tertiary/aromatic N) is 1. The Morgan fingerprint density at radius 3 is 2.71 bits per heavy atom. The molecule has 0 bridgehead atoms. The molecule has 1 amide bonds. The van der Waals surface area contributed by atoms with Gasteiger partial charge in [-0.2, -0.15) is 0 Å². The van der Waals surface area contributed by atoms with Gasteiger partial charge in [-0.3, -0.25) is 4.79 Å². The average Bonchev–Trinajstić information content (AvgIpc) is 2.95. The molecular formula is C17H21NO3. The first-order chi connectivity index (χ1) is 10.1. The van der Waals surface area contributed by atoms with Crippen molar-refractivity contribution in [1.82, 2.24) is 4.90 Å². The lowest BCUT2D eigenvalue weighted by atomic mass is 10.1. The van der Waals surface area contributed by atoms with Gasteiger partial charge in [0.2, 0.25) is 0 Å². The van der Waals surface area contributed by atoms with Crippen molar-refractivity contribution in [1.29, 1.82) is 0 Å². The fourth-order valence-electron chi connectivity index (χ4n) is 2.79. The molecule has 0 saturated carbocycles. The molecule has 1 aromatic heterocycles. The van der Waals surface area contributed by atoms with Crippen LogP contribution in [0.4, 0.5) is 0 Å². The van der Waals surface area contributed by atoms with Gasteiger partial charge in [-0.25, -0.2) is 0 Å². The van der Waals surface area contributed by atoms with E-state index in [1.54, 1.807) is 6.26 Å². The first-order valence-electron chi connectivity index (χ1n) is 7.62. The molecule has 0 aliphatic carbocycles. The summed E-state index contributed by atoms with van der Waals surface area (Å²) >= 11 is 0. The number of hydrogen-bond acceptors (Lipinski definition) is 3. The summed E-state index contributed by atoms with van der Waals surface area (Å²) in [5.41, 5.74) is 1.35. The van der Waals surface area contributed by atoms with Gasteiger partial charge >= 0.3 is 0 Å². The van der Waals surface area contributed by atoms with Crippen LogP contribution in [0.3, 0.4) is 0 Å². The van der Waals surface area contributed by atoms with Crippen LogP contribution >= 0.6 is 0 Å². The quantitative estimate of drug-likeness (QED) is 0.861. The number of rotatable bonds is 3. The molecule has 1 saturated heterocycles. The molecule has 0 unspecified atom stereocenters. The molecule has 112 valence electrons. The van der Waals surface area contributed by atoms with Gasteiger partial charge in [-0.05, 0) is 51.3 Å². The zero-order valence-electron chi connectivity index (χ0n) is 12.6. The summed E-state index contributed by atoms with van der Waals surface area (Å²) < 4.78 is 11.3. The molecule has 1 aliphatic heterocycles. The van der Waals surface area contributed by atoms with E-state index in [4.69, 9.17) is 9.15 Å². The van der Waals surface area contributed by atoms with E-state index in [1.165, 1.54) is 6.42 Å². The Balaban J connectivity index is 1.95. The lowest BCUT2D eigenvalue weighted by molar-refractivity contribution is 0.0723. The van der Waals surface area contributed by atoms with Crippen molar-refractivity contribution < 1.29 is 13.9 Å². The standard InChI is InChI=1S/C17H21NO3/c1-12(2)21-16-11-13(10-15-14(16)6-9-20-15)17(19)18-7-4-3-5-8-18/h6,9-12H,3-5,7-8H2,1-2H3. The topological polar surface area (TPSA) is 42.7 Å². The van der Waals surface area contributed by atoms with Gasteiger partial charge in [-0.1, -0.05) is 0 Å². The van der Waals surface area contributed by atoms with E-state index in [-0.39, 0.29) is 12.0 Å². The summed E-state index contributed by atoms with van der Waals surface area (Å²) in [6, 6.07) is 5.54. The summed E-state index contributed by atoms with van der Waals surface area (Å²) in [5.74, 6) is 0.790. The summed E-state index contributed by atoms with van der Waals surface area (Å²) in [4.78, 5) is 14.6.